The van der Waals surface area contributed by atoms with Crippen molar-refractivity contribution >= 4 is 14.2 Å². The summed E-state index contributed by atoms with van der Waals surface area (Å²) in [4.78, 5) is 0. The zero-order valence-electron chi connectivity index (χ0n) is 18.5. The van der Waals surface area contributed by atoms with Gasteiger partial charge in [0.15, 0.2) is 0 Å². The van der Waals surface area contributed by atoms with Crippen LogP contribution in [0.15, 0.2) is 36.4 Å². The van der Waals surface area contributed by atoms with Crippen LogP contribution in [-0.4, -0.2) is 55.4 Å². The first kappa shape index (κ1) is 20.0. The van der Waals surface area contributed by atoms with E-state index in [4.69, 9.17) is 0 Å². The van der Waals surface area contributed by atoms with Gasteiger partial charge in [0, 0.05) is 0 Å². The van der Waals surface area contributed by atoms with Gasteiger partial charge in [-0.25, -0.2) is 0 Å². The molecule has 0 unspecified atom stereocenters. The summed E-state index contributed by atoms with van der Waals surface area (Å²) < 4.78 is 11.5. The summed E-state index contributed by atoms with van der Waals surface area (Å²) in [5.74, 6) is 0. The average Bonchev–Trinajstić information content (AvgIpc) is 3.11. The Balaban J connectivity index is 2.01. The zero-order chi connectivity index (χ0) is 20.4. The zero-order valence-corrected chi connectivity index (χ0v) is 20.9. The Kier molecular flexibility index (Phi) is 4.95. The molecule has 2 aromatic carbocycles. The molecule has 1 aliphatic rings. The van der Waals surface area contributed by atoms with Crippen LogP contribution < -0.4 is 3.27 Å². The van der Waals surface area contributed by atoms with Crippen molar-refractivity contribution in [1.82, 2.24) is 13.1 Å². The number of rotatable bonds is 4. The van der Waals surface area contributed by atoms with Crippen molar-refractivity contribution < 1.29 is 21.1 Å². The molecule has 5 heteroatoms. The van der Waals surface area contributed by atoms with Crippen LogP contribution in [0.5, 0.6) is 0 Å². The third kappa shape index (κ3) is 2.56. The van der Waals surface area contributed by atoms with E-state index in [2.05, 4.69) is 106 Å². The third-order valence-corrected chi connectivity index (χ3v) is 18.6. The van der Waals surface area contributed by atoms with Crippen LogP contribution in [0.25, 0.3) is 22.2 Å². The quantitative estimate of drug-likeness (QED) is 0.469. The molecule has 0 N–H and O–H groups in total. The van der Waals surface area contributed by atoms with Crippen molar-refractivity contribution in [2.45, 2.75) is 13.3 Å². The van der Waals surface area contributed by atoms with Crippen molar-refractivity contribution in [2.24, 2.45) is 7.05 Å². The molecule has 0 saturated heterocycles. The van der Waals surface area contributed by atoms with E-state index < -0.39 is 21.1 Å². The van der Waals surface area contributed by atoms with E-state index in [1.807, 2.05) is 0 Å². The summed E-state index contributed by atoms with van der Waals surface area (Å²) in [6.07, 6.45) is 1.04. The SMILES string of the molecule is Cc1ccc2c(c1)c1c(n2C)-c2ccc[c]([Zr]([N](C)C)([N](C)C)[N](C)C)c2C1. The van der Waals surface area contributed by atoms with E-state index in [0.717, 1.165) is 6.42 Å². The molecule has 4 nitrogen and oxygen atoms in total. The third-order valence-electron chi connectivity index (χ3n) is 6.48. The molecule has 0 aliphatic heterocycles. The number of hydrogen-bond donors (Lipinski definition) is 0. The van der Waals surface area contributed by atoms with E-state index in [9.17, 15) is 0 Å². The van der Waals surface area contributed by atoms with Gasteiger partial charge in [0.05, 0.1) is 0 Å². The Hall–Kier alpha value is -1.26. The topological polar surface area (TPSA) is 14.7 Å². The van der Waals surface area contributed by atoms with E-state index in [1.165, 1.54) is 33.3 Å². The predicted molar refractivity (Wildman–Crippen MR) is 117 cm³/mol. The average molecular weight is 456 g/mol. The number of aryl methyl sites for hydroxylation is 2. The van der Waals surface area contributed by atoms with Gasteiger partial charge in [-0.05, 0) is 0 Å². The molecule has 1 heterocycles. The first-order chi connectivity index (χ1) is 13.2. The molecule has 148 valence electrons. The molecule has 0 fully saturated rings. The van der Waals surface area contributed by atoms with E-state index in [1.54, 1.807) is 8.83 Å². The second kappa shape index (κ2) is 6.91. The molecule has 1 aliphatic carbocycles. The fourth-order valence-corrected chi connectivity index (χ4v) is 17.4. The Bertz CT molecular complexity index is 1040. The van der Waals surface area contributed by atoms with Gasteiger partial charge in [0.2, 0.25) is 0 Å². The van der Waals surface area contributed by atoms with Crippen molar-refractivity contribution in [2.75, 3.05) is 42.3 Å². The molecular weight excluding hydrogens is 424 g/mol. The summed E-state index contributed by atoms with van der Waals surface area (Å²) >= 11 is -3.14. The maximum atomic E-state index is 2.52. The van der Waals surface area contributed by atoms with Gasteiger partial charge in [0.1, 0.15) is 0 Å². The van der Waals surface area contributed by atoms with Crippen LogP contribution in [-0.2, 0) is 34.6 Å². The van der Waals surface area contributed by atoms with E-state index >= 15 is 0 Å². The van der Waals surface area contributed by atoms with Crippen LogP contribution in [0.2, 0.25) is 0 Å². The van der Waals surface area contributed by atoms with Gasteiger partial charge in [-0.15, -0.1) is 0 Å². The molecular formula is C23H32N4Zr. The van der Waals surface area contributed by atoms with Crippen LogP contribution in [0, 0.1) is 6.92 Å². The fraction of sp³-hybridized carbons (Fsp3) is 0.391. The molecule has 0 bridgehead atoms. The molecule has 0 radical (unpaired) electrons. The van der Waals surface area contributed by atoms with Gasteiger partial charge < -0.3 is 0 Å². The first-order valence-corrected chi connectivity index (χ1v) is 14.5. The second-order valence-electron chi connectivity index (χ2n) is 8.73. The van der Waals surface area contributed by atoms with E-state index in [-0.39, 0.29) is 0 Å². The number of fused-ring (bicyclic) bond motifs is 5. The molecule has 0 amide bonds. The van der Waals surface area contributed by atoms with Crippen LogP contribution in [0.4, 0.5) is 0 Å². The van der Waals surface area contributed by atoms with Crippen LogP contribution in [0.3, 0.4) is 0 Å². The summed E-state index contributed by atoms with van der Waals surface area (Å²) in [7, 11) is 15.8. The summed E-state index contributed by atoms with van der Waals surface area (Å²) in [5.41, 5.74) is 8.55. The van der Waals surface area contributed by atoms with Gasteiger partial charge in [-0.1, -0.05) is 0 Å². The first-order valence-electron chi connectivity index (χ1n) is 9.94. The van der Waals surface area contributed by atoms with Crippen LogP contribution in [0.1, 0.15) is 16.7 Å². The Labute approximate surface area is 175 Å². The molecule has 0 spiro atoms. The number of aromatic nitrogens is 1. The van der Waals surface area contributed by atoms with E-state index in [0.29, 0.717) is 0 Å². The number of hydrogen-bond acceptors (Lipinski definition) is 3. The molecule has 3 aromatic rings. The van der Waals surface area contributed by atoms with Crippen LogP contribution >= 0.6 is 0 Å². The summed E-state index contributed by atoms with van der Waals surface area (Å²) in [5, 5.41) is 1.42. The fourth-order valence-electron chi connectivity index (χ4n) is 5.57. The van der Waals surface area contributed by atoms with Gasteiger partial charge in [0.25, 0.3) is 0 Å². The number of benzene rings is 2. The standard InChI is InChI=1S/C17H14N.3C2H6N.Zr/c1-11-7-8-16-14(9-11)15-10-12-5-3-4-6-13(12)17(15)18(16)2;3*1-3-2;/h3-4,6-9H,10H2,1-2H3;3*1-2H3;/q;3*-1;+3. The van der Waals surface area contributed by atoms with Gasteiger partial charge in [-0.2, -0.15) is 0 Å². The Morgan fingerprint density at radius 1 is 0.857 bits per heavy atom. The Morgan fingerprint density at radius 3 is 2.11 bits per heavy atom. The van der Waals surface area contributed by atoms with Gasteiger partial charge in [-0.3, -0.25) is 0 Å². The van der Waals surface area contributed by atoms with Gasteiger partial charge >= 0.3 is 175 Å². The molecule has 4 rings (SSSR count). The summed E-state index contributed by atoms with van der Waals surface area (Å²) in [6, 6.07) is 13.9. The summed E-state index contributed by atoms with van der Waals surface area (Å²) in [6.45, 7) is 2.19. The van der Waals surface area contributed by atoms with Crippen molar-refractivity contribution in [3.05, 3.63) is 53.1 Å². The minimum atomic E-state index is -3.14. The predicted octanol–water partition coefficient (Wildman–Crippen LogP) is 3.27. The maximum absolute atomic E-state index is 3.14. The molecule has 0 atom stereocenters. The van der Waals surface area contributed by atoms with Crippen molar-refractivity contribution in [3.63, 3.8) is 0 Å². The minimum absolute atomic E-state index is 1.04. The van der Waals surface area contributed by atoms with Crippen molar-refractivity contribution in [3.8, 4) is 11.3 Å². The second-order valence-corrected chi connectivity index (χ2v) is 19.8. The Morgan fingerprint density at radius 2 is 1.50 bits per heavy atom. The normalized spacial score (nSPS) is 13.8. The molecule has 28 heavy (non-hydrogen) atoms. The molecule has 1 aromatic heterocycles. The van der Waals surface area contributed by atoms with Crippen molar-refractivity contribution in [1.29, 1.82) is 0 Å². The number of nitrogens with zero attached hydrogens (tertiary/aromatic N) is 4. The monoisotopic (exact) mass is 454 g/mol. The molecule has 0 saturated carbocycles.